The Morgan fingerprint density at radius 1 is 1.36 bits per heavy atom. The van der Waals surface area contributed by atoms with E-state index in [0.717, 1.165) is 4.68 Å². The molecule has 0 amide bonds. The molecule has 0 saturated carbocycles. The van der Waals surface area contributed by atoms with Gasteiger partial charge in [0.1, 0.15) is 17.6 Å². The molecule has 0 fully saturated rings. The van der Waals surface area contributed by atoms with Gasteiger partial charge in [-0.05, 0) is 22.6 Å². The summed E-state index contributed by atoms with van der Waals surface area (Å²) in [6.45, 7) is 0. The van der Waals surface area contributed by atoms with Crippen molar-refractivity contribution in [2.45, 2.75) is 0 Å². The van der Waals surface area contributed by atoms with Crippen molar-refractivity contribution in [2.24, 2.45) is 0 Å². The highest BCUT2D eigenvalue weighted by atomic mass is 19.1. The highest BCUT2D eigenvalue weighted by molar-refractivity contribution is 5.34. The van der Waals surface area contributed by atoms with Crippen LogP contribution >= 0.6 is 0 Å². The fourth-order valence-electron chi connectivity index (χ4n) is 1.04. The van der Waals surface area contributed by atoms with Crippen LogP contribution in [-0.4, -0.2) is 20.2 Å². The molecule has 0 unspecified atom stereocenters. The lowest BCUT2D eigenvalue weighted by molar-refractivity contribution is 0.606. The summed E-state index contributed by atoms with van der Waals surface area (Å²) in [5, 5.41) is 18.8. The Bertz CT molecular complexity index is 498. The first-order chi connectivity index (χ1) is 6.83. The zero-order valence-electron chi connectivity index (χ0n) is 6.92. The summed E-state index contributed by atoms with van der Waals surface area (Å²) < 4.78 is 14.3. The van der Waals surface area contributed by atoms with Crippen LogP contribution in [0.5, 0.6) is 0 Å². The van der Waals surface area contributed by atoms with Crippen LogP contribution in [0, 0.1) is 17.1 Å². The Morgan fingerprint density at radius 2 is 2.14 bits per heavy atom. The Hall–Kier alpha value is -2.29. The number of aromatic nitrogens is 4. The highest BCUT2D eigenvalue weighted by Crippen LogP contribution is 2.11. The predicted octanol–water partition coefficient (Wildman–Crippen LogP) is 0.673. The van der Waals surface area contributed by atoms with Crippen LogP contribution in [0.4, 0.5) is 4.39 Å². The minimum absolute atomic E-state index is 0.0462. The van der Waals surface area contributed by atoms with E-state index >= 15 is 0 Å². The quantitative estimate of drug-likeness (QED) is 0.661. The van der Waals surface area contributed by atoms with Crippen LogP contribution in [0.15, 0.2) is 24.3 Å². The molecule has 0 saturated heterocycles. The topological polar surface area (TPSA) is 67.4 Å². The molecular formula is C8H4FN5. The van der Waals surface area contributed by atoms with Gasteiger partial charge in [0.05, 0.1) is 0 Å². The van der Waals surface area contributed by atoms with Crippen molar-refractivity contribution in [3.05, 3.63) is 35.9 Å². The minimum Gasteiger partial charge on any atom is -0.205 e. The molecule has 0 aliphatic heterocycles. The third-order valence-corrected chi connectivity index (χ3v) is 1.65. The maximum Gasteiger partial charge on any atom is 0.257 e. The molecule has 5 nitrogen and oxygen atoms in total. The number of rotatable bonds is 1. The number of tetrazole rings is 1. The summed E-state index contributed by atoms with van der Waals surface area (Å²) in [5.41, 5.74) is 0.161. The number of benzene rings is 1. The maximum atomic E-state index is 13.2. The van der Waals surface area contributed by atoms with Crippen molar-refractivity contribution in [2.75, 3.05) is 0 Å². The fourth-order valence-corrected chi connectivity index (χ4v) is 1.04. The van der Waals surface area contributed by atoms with E-state index in [2.05, 4.69) is 15.5 Å². The van der Waals surface area contributed by atoms with Gasteiger partial charge in [0.2, 0.25) is 0 Å². The number of halogens is 1. The number of nitrogens with zero attached hydrogens (tertiary/aromatic N) is 5. The van der Waals surface area contributed by atoms with Gasteiger partial charge in [-0.2, -0.15) is 9.94 Å². The van der Waals surface area contributed by atoms with Crippen LogP contribution in [-0.2, 0) is 0 Å². The third-order valence-electron chi connectivity index (χ3n) is 1.65. The average Bonchev–Trinajstić information content (AvgIpc) is 2.66. The van der Waals surface area contributed by atoms with Gasteiger partial charge in [-0.3, -0.25) is 0 Å². The monoisotopic (exact) mass is 189 g/mol. The molecule has 68 valence electrons. The van der Waals surface area contributed by atoms with Gasteiger partial charge < -0.3 is 0 Å². The van der Waals surface area contributed by atoms with E-state index < -0.39 is 5.82 Å². The molecule has 0 aliphatic carbocycles. The normalized spacial score (nSPS) is 9.71. The van der Waals surface area contributed by atoms with Crippen LogP contribution in [0.1, 0.15) is 5.82 Å². The Kier molecular flexibility index (Phi) is 1.91. The van der Waals surface area contributed by atoms with E-state index in [-0.39, 0.29) is 11.5 Å². The van der Waals surface area contributed by atoms with E-state index in [1.807, 2.05) is 0 Å². The second-order valence-electron chi connectivity index (χ2n) is 2.48. The first kappa shape index (κ1) is 8.31. The molecule has 14 heavy (non-hydrogen) atoms. The Balaban J connectivity index is 2.62. The van der Waals surface area contributed by atoms with Gasteiger partial charge in [0.25, 0.3) is 5.82 Å². The average molecular weight is 189 g/mol. The first-order valence-corrected chi connectivity index (χ1v) is 3.76. The van der Waals surface area contributed by atoms with Crippen LogP contribution in [0.25, 0.3) is 5.69 Å². The van der Waals surface area contributed by atoms with E-state index in [1.165, 1.54) is 12.1 Å². The lowest BCUT2D eigenvalue weighted by atomic mass is 10.3. The van der Waals surface area contributed by atoms with Crippen molar-refractivity contribution >= 4 is 0 Å². The Morgan fingerprint density at radius 3 is 2.86 bits per heavy atom. The number of para-hydroxylation sites is 1. The molecule has 0 aliphatic rings. The van der Waals surface area contributed by atoms with Crippen molar-refractivity contribution in [1.82, 2.24) is 20.2 Å². The van der Waals surface area contributed by atoms with Gasteiger partial charge in [0.15, 0.2) is 0 Å². The smallest absolute Gasteiger partial charge is 0.205 e. The molecule has 0 atom stereocenters. The summed E-state index contributed by atoms with van der Waals surface area (Å²) in [7, 11) is 0. The summed E-state index contributed by atoms with van der Waals surface area (Å²) in [5.74, 6) is -0.522. The second kappa shape index (κ2) is 3.22. The van der Waals surface area contributed by atoms with E-state index in [1.54, 1.807) is 18.2 Å². The van der Waals surface area contributed by atoms with Gasteiger partial charge in [-0.25, -0.2) is 4.39 Å². The standard InChI is InChI=1S/C8H4FN5/c9-6-3-1-2-4-7(6)14-8(5-10)11-12-13-14/h1-4H. The second-order valence-corrected chi connectivity index (χ2v) is 2.48. The SMILES string of the molecule is N#Cc1nnnn1-c1ccccc1F. The molecule has 6 heteroatoms. The highest BCUT2D eigenvalue weighted by Gasteiger charge is 2.10. The van der Waals surface area contributed by atoms with Crippen molar-refractivity contribution in [3.63, 3.8) is 0 Å². The summed E-state index contributed by atoms with van der Waals surface area (Å²) in [6, 6.07) is 7.72. The van der Waals surface area contributed by atoms with Crippen molar-refractivity contribution in [1.29, 1.82) is 5.26 Å². The molecule has 1 heterocycles. The first-order valence-electron chi connectivity index (χ1n) is 3.76. The number of hydrogen-bond acceptors (Lipinski definition) is 4. The van der Waals surface area contributed by atoms with Gasteiger partial charge in [-0.1, -0.05) is 17.2 Å². The number of nitriles is 1. The predicted molar refractivity (Wildman–Crippen MR) is 43.8 cm³/mol. The summed E-state index contributed by atoms with van der Waals surface area (Å²) >= 11 is 0. The molecule has 1 aromatic heterocycles. The van der Waals surface area contributed by atoms with Crippen molar-refractivity contribution in [3.8, 4) is 11.8 Å². The van der Waals surface area contributed by atoms with E-state index in [9.17, 15) is 4.39 Å². The molecular weight excluding hydrogens is 185 g/mol. The largest absolute Gasteiger partial charge is 0.257 e. The third kappa shape index (κ3) is 1.21. The summed E-state index contributed by atoms with van der Waals surface area (Å²) in [4.78, 5) is 0. The van der Waals surface area contributed by atoms with E-state index in [4.69, 9.17) is 5.26 Å². The van der Waals surface area contributed by atoms with Crippen LogP contribution in [0.2, 0.25) is 0 Å². The van der Waals surface area contributed by atoms with Crippen LogP contribution < -0.4 is 0 Å². The fraction of sp³-hybridized carbons (Fsp3) is 0. The zero-order valence-corrected chi connectivity index (χ0v) is 6.92. The lowest BCUT2D eigenvalue weighted by Gasteiger charge is -2.00. The zero-order chi connectivity index (χ0) is 9.97. The van der Waals surface area contributed by atoms with Crippen LogP contribution in [0.3, 0.4) is 0 Å². The molecule has 2 aromatic rings. The van der Waals surface area contributed by atoms with Gasteiger partial charge >= 0.3 is 0 Å². The summed E-state index contributed by atoms with van der Waals surface area (Å²) in [6.07, 6.45) is 0. The minimum atomic E-state index is -0.476. The molecule has 2 rings (SSSR count). The van der Waals surface area contributed by atoms with Crippen molar-refractivity contribution < 1.29 is 4.39 Å². The lowest BCUT2D eigenvalue weighted by Crippen LogP contribution is -2.02. The molecule has 0 radical (unpaired) electrons. The number of hydrogen-bond donors (Lipinski definition) is 0. The maximum absolute atomic E-state index is 13.2. The Labute approximate surface area is 78.4 Å². The molecule has 0 N–H and O–H groups in total. The molecule has 0 spiro atoms. The van der Waals surface area contributed by atoms with Gasteiger partial charge in [0, 0.05) is 0 Å². The van der Waals surface area contributed by atoms with Gasteiger partial charge in [-0.15, -0.1) is 0 Å². The molecule has 1 aromatic carbocycles. The van der Waals surface area contributed by atoms with E-state index in [0.29, 0.717) is 0 Å². The molecule has 0 bridgehead atoms.